The van der Waals surface area contributed by atoms with Crippen molar-refractivity contribution in [3.8, 4) is 0 Å². The first-order chi connectivity index (χ1) is 13.9. The van der Waals surface area contributed by atoms with Crippen LogP contribution in [-0.4, -0.2) is 55.5 Å². The number of rotatable bonds is 6. The number of nitrogens with one attached hydrogen (secondary N) is 1. The molecule has 1 amide bonds. The van der Waals surface area contributed by atoms with Crippen LogP contribution in [0.25, 0.3) is 0 Å². The minimum absolute atomic E-state index is 0.127. The van der Waals surface area contributed by atoms with Gasteiger partial charge in [-0.3, -0.25) is 9.78 Å². The van der Waals surface area contributed by atoms with Crippen molar-refractivity contribution in [3.05, 3.63) is 59.9 Å². The highest BCUT2D eigenvalue weighted by Gasteiger charge is 2.56. The molecule has 3 heterocycles. The van der Waals surface area contributed by atoms with Crippen molar-refractivity contribution in [2.24, 2.45) is 5.92 Å². The predicted octanol–water partition coefficient (Wildman–Crippen LogP) is 1.99. The number of carbonyl (C=O) groups is 1. The molecule has 1 spiro atoms. The highest BCUT2D eigenvalue weighted by atomic mass is 32.2. The molecule has 0 bridgehead atoms. The van der Waals surface area contributed by atoms with E-state index < -0.39 is 15.6 Å². The van der Waals surface area contributed by atoms with Crippen molar-refractivity contribution in [2.75, 3.05) is 26.2 Å². The first-order valence-corrected chi connectivity index (χ1v) is 11.2. The van der Waals surface area contributed by atoms with Gasteiger partial charge in [-0.05, 0) is 49.9 Å². The van der Waals surface area contributed by atoms with Gasteiger partial charge in [0.15, 0.2) is 0 Å². The summed E-state index contributed by atoms with van der Waals surface area (Å²) in [6.45, 7) is 3.82. The van der Waals surface area contributed by atoms with Crippen molar-refractivity contribution >= 4 is 15.9 Å². The molecule has 0 saturated carbocycles. The monoisotopic (exact) mass is 415 g/mol. The van der Waals surface area contributed by atoms with Crippen LogP contribution in [0.4, 0.5) is 0 Å². The quantitative estimate of drug-likeness (QED) is 0.780. The third-order valence-corrected chi connectivity index (χ3v) is 7.67. The van der Waals surface area contributed by atoms with Gasteiger partial charge >= 0.3 is 0 Å². The molecule has 2 saturated heterocycles. The van der Waals surface area contributed by atoms with E-state index in [1.807, 2.05) is 19.1 Å². The molecule has 2 aromatic rings. The van der Waals surface area contributed by atoms with E-state index in [1.165, 1.54) is 4.31 Å². The fourth-order valence-electron chi connectivity index (χ4n) is 4.09. The lowest BCUT2D eigenvalue weighted by Crippen LogP contribution is -2.66. The summed E-state index contributed by atoms with van der Waals surface area (Å²) in [7, 11) is -3.50. The molecule has 29 heavy (non-hydrogen) atoms. The standard InChI is InChI=1S/C21H25N3O4S/c1-16-2-4-19(5-3-16)29(26,27)24-14-21(15-24)18(9-13-28-21)8-12-23-20(25)17-6-10-22-11-7-17/h2-7,10-11,18H,8-9,12-15H2,1H3,(H,23,25). The molecule has 1 N–H and O–H groups in total. The fraction of sp³-hybridized carbons (Fsp3) is 0.429. The zero-order valence-corrected chi connectivity index (χ0v) is 17.2. The van der Waals surface area contributed by atoms with E-state index in [-0.39, 0.29) is 11.8 Å². The maximum Gasteiger partial charge on any atom is 0.251 e. The van der Waals surface area contributed by atoms with Crippen LogP contribution in [0, 0.1) is 12.8 Å². The summed E-state index contributed by atoms with van der Waals surface area (Å²) in [6.07, 6.45) is 4.82. The molecular formula is C21H25N3O4S. The van der Waals surface area contributed by atoms with Gasteiger partial charge in [0.25, 0.3) is 5.91 Å². The van der Waals surface area contributed by atoms with Gasteiger partial charge in [-0.2, -0.15) is 4.31 Å². The number of benzene rings is 1. The second-order valence-corrected chi connectivity index (χ2v) is 9.70. The van der Waals surface area contributed by atoms with Crippen LogP contribution in [0.1, 0.15) is 28.8 Å². The Morgan fingerprint density at radius 3 is 2.59 bits per heavy atom. The van der Waals surface area contributed by atoms with Crippen LogP contribution in [0.15, 0.2) is 53.7 Å². The van der Waals surface area contributed by atoms with Crippen molar-refractivity contribution in [2.45, 2.75) is 30.3 Å². The van der Waals surface area contributed by atoms with Gasteiger partial charge in [0.1, 0.15) is 0 Å². The minimum atomic E-state index is -3.50. The van der Waals surface area contributed by atoms with Crippen LogP contribution in [-0.2, 0) is 14.8 Å². The summed E-state index contributed by atoms with van der Waals surface area (Å²) >= 11 is 0. The molecule has 0 radical (unpaired) electrons. The van der Waals surface area contributed by atoms with E-state index in [0.717, 1.165) is 18.4 Å². The van der Waals surface area contributed by atoms with Crippen molar-refractivity contribution in [1.82, 2.24) is 14.6 Å². The number of carbonyl (C=O) groups excluding carboxylic acids is 1. The lowest BCUT2D eigenvalue weighted by Gasteiger charge is -2.49. The summed E-state index contributed by atoms with van der Waals surface area (Å²) in [4.78, 5) is 16.4. The number of sulfonamides is 1. The van der Waals surface area contributed by atoms with Crippen LogP contribution in [0.3, 0.4) is 0 Å². The van der Waals surface area contributed by atoms with Gasteiger partial charge in [0.05, 0.1) is 10.5 Å². The Morgan fingerprint density at radius 1 is 1.21 bits per heavy atom. The van der Waals surface area contributed by atoms with Gasteiger partial charge in [0, 0.05) is 44.2 Å². The molecule has 1 atom stereocenters. The first kappa shape index (κ1) is 20.0. The zero-order chi connectivity index (χ0) is 20.5. The van der Waals surface area contributed by atoms with Crippen molar-refractivity contribution in [1.29, 1.82) is 0 Å². The number of hydrogen-bond acceptors (Lipinski definition) is 5. The van der Waals surface area contributed by atoms with Gasteiger partial charge < -0.3 is 10.1 Å². The Bertz CT molecular complexity index is 971. The van der Waals surface area contributed by atoms with Gasteiger partial charge in [0.2, 0.25) is 10.0 Å². The number of aromatic nitrogens is 1. The summed E-state index contributed by atoms with van der Waals surface area (Å²) in [5, 5.41) is 2.93. The topological polar surface area (TPSA) is 88.6 Å². The molecule has 8 heteroatoms. The number of hydrogen-bond donors (Lipinski definition) is 1. The fourth-order valence-corrected chi connectivity index (χ4v) is 5.64. The van der Waals surface area contributed by atoms with E-state index in [9.17, 15) is 13.2 Å². The normalized spacial score (nSPS) is 21.1. The molecule has 2 aliphatic rings. The van der Waals surface area contributed by atoms with Crippen LogP contribution in [0.5, 0.6) is 0 Å². The Labute approximate surface area is 171 Å². The summed E-state index contributed by atoms with van der Waals surface area (Å²) in [5.74, 6) is 0.0993. The van der Waals surface area contributed by atoms with Crippen LogP contribution >= 0.6 is 0 Å². The molecule has 2 fully saturated rings. The number of ether oxygens (including phenoxy) is 1. The maximum absolute atomic E-state index is 12.8. The molecule has 1 aromatic heterocycles. The van der Waals surface area contributed by atoms with Crippen LogP contribution in [0.2, 0.25) is 0 Å². The third kappa shape index (κ3) is 3.92. The second kappa shape index (κ2) is 7.85. The van der Waals surface area contributed by atoms with Crippen molar-refractivity contribution < 1.29 is 17.9 Å². The average molecular weight is 416 g/mol. The largest absolute Gasteiger partial charge is 0.372 e. The Morgan fingerprint density at radius 2 is 1.90 bits per heavy atom. The molecule has 154 valence electrons. The Kier molecular flexibility index (Phi) is 5.42. The van der Waals surface area contributed by atoms with E-state index in [2.05, 4.69) is 10.3 Å². The number of amides is 1. The van der Waals surface area contributed by atoms with E-state index in [1.54, 1.807) is 36.7 Å². The summed E-state index contributed by atoms with van der Waals surface area (Å²) < 4.78 is 33.2. The number of aryl methyl sites for hydroxylation is 1. The maximum atomic E-state index is 12.8. The van der Waals surface area contributed by atoms with E-state index >= 15 is 0 Å². The molecule has 7 nitrogen and oxygen atoms in total. The molecular weight excluding hydrogens is 390 g/mol. The molecule has 1 aromatic carbocycles. The van der Waals surface area contributed by atoms with Crippen molar-refractivity contribution in [3.63, 3.8) is 0 Å². The average Bonchev–Trinajstić information content (AvgIpc) is 3.12. The molecule has 2 aliphatic heterocycles. The SMILES string of the molecule is Cc1ccc(S(=O)(=O)N2CC3(C2)OCCC3CCNC(=O)c2ccncc2)cc1. The summed E-state index contributed by atoms with van der Waals surface area (Å²) in [5.41, 5.74) is 1.17. The second-order valence-electron chi connectivity index (χ2n) is 7.77. The Balaban J connectivity index is 1.33. The Hall–Kier alpha value is -2.29. The lowest BCUT2D eigenvalue weighted by atomic mass is 9.80. The zero-order valence-electron chi connectivity index (χ0n) is 16.4. The number of pyridine rings is 1. The van der Waals surface area contributed by atoms with Crippen LogP contribution < -0.4 is 5.32 Å². The number of nitrogens with zero attached hydrogens (tertiary/aromatic N) is 2. The molecule has 0 aliphatic carbocycles. The lowest BCUT2D eigenvalue weighted by molar-refractivity contribution is -0.102. The van der Waals surface area contributed by atoms with Gasteiger partial charge in [-0.1, -0.05) is 17.7 Å². The molecule has 1 unspecified atom stereocenters. The highest BCUT2D eigenvalue weighted by Crippen LogP contribution is 2.43. The van der Waals surface area contributed by atoms with E-state index in [4.69, 9.17) is 4.74 Å². The molecule has 4 rings (SSSR count). The highest BCUT2D eigenvalue weighted by molar-refractivity contribution is 7.89. The predicted molar refractivity (Wildman–Crippen MR) is 108 cm³/mol. The van der Waals surface area contributed by atoms with Gasteiger partial charge in [-0.15, -0.1) is 0 Å². The smallest absolute Gasteiger partial charge is 0.251 e. The minimum Gasteiger partial charge on any atom is -0.372 e. The third-order valence-electron chi connectivity index (χ3n) is 5.87. The van der Waals surface area contributed by atoms with Gasteiger partial charge in [-0.25, -0.2) is 8.42 Å². The first-order valence-electron chi connectivity index (χ1n) is 9.80. The summed E-state index contributed by atoms with van der Waals surface area (Å²) in [6, 6.07) is 10.3. The van der Waals surface area contributed by atoms with E-state index in [0.29, 0.717) is 36.7 Å².